The summed E-state index contributed by atoms with van der Waals surface area (Å²) < 4.78 is 16.1. The molecule has 0 aromatic carbocycles. The second kappa shape index (κ2) is 39.3. The van der Waals surface area contributed by atoms with Gasteiger partial charge in [0.25, 0.3) is 0 Å². The molecule has 0 aliphatic rings. The van der Waals surface area contributed by atoms with E-state index in [9.17, 15) is 14.7 Å². The van der Waals surface area contributed by atoms with Gasteiger partial charge in [0, 0.05) is 12.8 Å². The van der Waals surface area contributed by atoms with Gasteiger partial charge in [-0.05, 0) is 12.8 Å². The van der Waals surface area contributed by atoms with E-state index in [0.717, 1.165) is 32.1 Å². The van der Waals surface area contributed by atoms with Crippen molar-refractivity contribution in [3.8, 4) is 0 Å². The first kappa shape index (κ1) is 45.9. The Kier molecular flexibility index (Phi) is 38.3. The highest BCUT2D eigenvalue weighted by molar-refractivity contribution is 5.69. The normalized spacial score (nSPS) is 12.0. The van der Waals surface area contributed by atoms with Crippen LogP contribution in [0.4, 0.5) is 0 Å². The zero-order valence-corrected chi connectivity index (χ0v) is 31.5. The maximum absolute atomic E-state index is 12.1. The smallest absolute Gasteiger partial charge is 0.306 e. The largest absolute Gasteiger partial charge is 0.463 e. The summed E-state index contributed by atoms with van der Waals surface area (Å²) in [5.74, 6) is -0.464. The van der Waals surface area contributed by atoms with E-state index in [1.165, 1.54) is 161 Å². The van der Waals surface area contributed by atoms with Gasteiger partial charge >= 0.3 is 11.9 Å². The quantitative estimate of drug-likeness (QED) is 0.0518. The second-order valence-electron chi connectivity index (χ2n) is 14.0. The van der Waals surface area contributed by atoms with Crippen LogP contribution in [0.1, 0.15) is 219 Å². The number of hydrogen-bond acceptors (Lipinski definition) is 6. The second-order valence-corrected chi connectivity index (χ2v) is 14.0. The van der Waals surface area contributed by atoms with Gasteiger partial charge in [-0.2, -0.15) is 0 Å². The van der Waals surface area contributed by atoms with Crippen molar-refractivity contribution in [2.24, 2.45) is 0 Å². The third-order valence-electron chi connectivity index (χ3n) is 9.27. The third kappa shape index (κ3) is 37.5. The lowest BCUT2D eigenvalue weighted by Gasteiger charge is -2.16. The Hall–Kier alpha value is -1.14. The number of aliphatic hydroxyl groups excluding tert-OH is 1. The van der Waals surface area contributed by atoms with Crippen LogP contribution in [0, 0.1) is 0 Å². The van der Waals surface area contributed by atoms with Crippen LogP contribution in [-0.2, 0) is 23.8 Å². The van der Waals surface area contributed by atoms with Gasteiger partial charge in [-0.25, -0.2) is 0 Å². The Morgan fingerprint density at radius 3 is 1.11 bits per heavy atom. The minimum atomic E-state index is -0.671. The predicted molar refractivity (Wildman–Crippen MR) is 198 cm³/mol. The summed E-state index contributed by atoms with van der Waals surface area (Å²) in [6.45, 7) is 4.79. The molecule has 0 saturated heterocycles. The van der Waals surface area contributed by atoms with Gasteiger partial charge < -0.3 is 19.3 Å². The SMILES string of the molecule is CCCCCCCCCCCCCCCCCC(=O)OCCOCC(CO)OC(=O)CCCCCCCCCCCCCCCCC. The molecule has 0 saturated carbocycles. The van der Waals surface area contributed by atoms with Gasteiger partial charge in [0.2, 0.25) is 0 Å². The van der Waals surface area contributed by atoms with Gasteiger partial charge in [-0.1, -0.05) is 194 Å². The highest BCUT2D eigenvalue weighted by Crippen LogP contribution is 2.15. The molecule has 1 atom stereocenters. The maximum Gasteiger partial charge on any atom is 0.306 e. The van der Waals surface area contributed by atoms with Crippen molar-refractivity contribution >= 4 is 11.9 Å². The highest BCUT2D eigenvalue weighted by atomic mass is 16.6. The van der Waals surface area contributed by atoms with Crippen molar-refractivity contribution in [1.29, 1.82) is 0 Å². The fraction of sp³-hybridized carbons (Fsp3) is 0.951. The topological polar surface area (TPSA) is 82.1 Å². The molecule has 0 aromatic heterocycles. The molecule has 0 aliphatic carbocycles. The average Bonchev–Trinajstić information content (AvgIpc) is 3.07. The molecule has 47 heavy (non-hydrogen) atoms. The van der Waals surface area contributed by atoms with Crippen LogP contribution in [0.3, 0.4) is 0 Å². The molecule has 0 spiro atoms. The fourth-order valence-corrected chi connectivity index (χ4v) is 6.15. The van der Waals surface area contributed by atoms with Crippen LogP contribution in [0.5, 0.6) is 0 Å². The summed E-state index contributed by atoms with van der Waals surface area (Å²) in [5, 5.41) is 9.54. The summed E-state index contributed by atoms with van der Waals surface area (Å²) in [6, 6.07) is 0. The summed E-state index contributed by atoms with van der Waals surface area (Å²) in [5.41, 5.74) is 0. The van der Waals surface area contributed by atoms with Crippen LogP contribution in [0.25, 0.3) is 0 Å². The Morgan fingerprint density at radius 2 is 0.766 bits per heavy atom. The van der Waals surface area contributed by atoms with Crippen LogP contribution in [-0.4, -0.2) is 49.6 Å². The molecule has 6 heteroatoms. The Morgan fingerprint density at radius 1 is 0.447 bits per heavy atom. The van der Waals surface area contributed by atoms with Crippen LogP contribution in [0.2, 0.25) is 0 Å². The van der Waals surface area contributed by atoms with Gasteiger partial charge in [-0.15, -0.1) is 0 Å². The summed E-state index contributed by atoms with van der Waals surface area (Å²) in [7, 11) is 0. The number of hydrogen-bond donors (Lipinski definition) is 1. The molecule has 0 heterocycles. The lowest BCUT2D eigenvalue weighted by Crippen LogP contribution is -2.28. The number of ether oxygens (including phenoxy) is 3. The van der Waals surface area contributed by atoms with E-state index in [1.807, 2.05) is 0 Å². The van der Waals surface area contributed by atoms with Crippen LogP contribution >= 0.6 is 0 Å². The highest BCUT2D eigenvalue weighted by Gasteiger charge is 2.14. The lowest BCUT2D eigenvalue weighted by atomic mass is 10.0. The van der Waals surface area contributed by atoms with E-state index in [-0.39, 0.29) is 38.4 Å². The van der Waals surface area contributed by atoms with E-state index in [1.54, 1.807) is 0 Å². The minimum Gasteiger partial charge on any atom is -0.463 e. The standard InChI is InChI=1S/C41H80O6/c1-3-5-7-9-11-13-15-17-19-21-23-25-27-29-31-33-40(43)46-36-35-45-38-39(37-42)47-41(44)34-32-30-28-26-24-22-20-18-16-14-12-10-8-6-4-2/h39,42H,3-38H2,1-2H3. The number of esters is 2. The van der Waals surface area contributed by atoms with E-state index in [0.29, 0.717) is 12.8 Å². The van der Waals surface area contributed by atoms with Crippen LogP contribution in [0.15, 0.2) is 0 Å². The van der Waals surface area contributed by atoms with Crippen molar-refractivity contribution in [1.82, 2.24) is 0 Å². The molecular weight excluding hydrogens is 588 g/mol. The number of rotatable bonds is 39. The van der Waals surface area contributed by atoms with Crippen LogP contribution < -0.4 is 0 Å². The van der Waals surface area contributed by atoms with Crippen molar-refractivity contribution in [3.05, 3.63) is 0 Å². The molecule has 1 N–H and O–H groups in total. The molecule has 0 amide bonds. The molecule has 1 unspecified atom stereocenters. The first-order valence-corrected chi connectivity index (χ1v) is 20.7. The Bertz CT molecular complexity index is 639. The lowest BCUT2D eigenvalue weighted by molar-refractivity contribution is -0.155. The zero-order chi connectivity index (χ0) is 34.3. The average molecular weight is 669 g/mol. The van der Waals surface area contributed by atoms with Gasteiger partial charge in [-0.3, -0.25) is 9.59 Å². The van der Waals surface area contributed by atoms with Crippen molar-refractivity contribution < 1.29 is 28.9 Å². The summed E-state index contributed by atoms with van der Waals surface area (Å²) in [6.07, 6.45) is 39.1. The molecule has 0 radical (unpaired) electrons. The Labute approximate surface area is 292 Å². The summed E-state index contributed by atoms with van der Waals surface area (Å²) in [4.78, 5) is 24.1. The monoisotopic (exact) mass is 669 g/mol. The van der Waals surface area contributed by atoms with E-state index in [2.05, 4.69) is 13.8 Å². The molecule has 280 valence electrons. The van der Waals surface area contributed by atoms with Gasteiger partial charge in [0.05, 0.1) is 19.8 Å². The molecular formula is C41H80O6. The van der Waals surface area contributed by atoms with E-state index < -0.39 is 6.10 Å². The van der Waals surface area contributed by atoms with Crippen molar-refractivity contribution in [2.75, 3.05) is 26.4 Å². The molecule has 0 bridgehead atoms. The Balaban J connectivity index is 3.46. The molecule has 0 fully saturated rings. The predicted octanol–water partition coefficient (Wildman–Crippen LogP) is 12.0. The third-order valence-corrected chi connectivity index (χ3v) is 9.27. The van der Waals surface area contributed by atoms with Crippen molar-refractivity contribution in [3.63, 3.8) is 0 Å². The van der Waals surface area contributed by atoms with Crippen molar-refractivity contribution in [2.45, 2.75) is 225 Å². The molecule has 0 aliphatic heterocycles. The summed E-state index contributed by atoms with van der Waals surface area (Å²) >= 11 is 0. The van der Waals surface area contributed by atoms with Gasteiger partial charge in [0.1, 0.15) is 12.7 Å². The first-order chi connectivity index (χ1) is 23.1. The molecule has 0 rings (SSSR count). The van der Waals surface area contributed by atoms with Gasteiger partial charge in [0.15, 0.2) is 0 Å². The zero-order valence-electron chi connectivity index (χ0n) is 31.5. The number of carbonyl (C=O) groups excluding carboxylic acids is 2. The number of carbonyl (C=O) groups is 2. The van der Waals surface area contributed by atoms with E-state index >= 15 is 0 Å². The first-order valence-electron chi connectivity index (χ1n) is 20.7. The molecule has 0 aromatic rings. The number of unbranched alkanes of at least 4 members (excludes halogenated alkanes) is 28. The van der Waals surface area contributed by atoms with E-state index in [4.69, 9.17) is 14.2 Å². The molecule has 6 nitrogen and oxygen atoms in total. The minimum absolute atomic E-state index is 0.109. The number of aliphatic hydroxyl groups is 1. The fourth-order valence-electron chi connectivity index (χ4n) is 6.15. The maximum atomic E-state index is 12.1.